The van der Waals surface area contributed by atoms with E-state index in [1.165, 1.54) is 16.8 Å². The first kappa shape index (κ1) is 20.7. The van der Waals surface area contributed by atoms with E-state index in [9.17, 15) is 23.6 Å². The Hall–Kier alpha value is -1.59. The zero-order valence-corrected chi connectivity index (χ0v) is 14.9. The molecule has 4 atom stereocenters. The van der Waals surface area contributed by atoms with Gasteiger partial charge in [-0.25, -0.2) is 18.5 Å². The molecule has 1 fully saturated rings. The Morgan fingerprint density at radius 1 is 1.35 bits per heavy atom. The lowest BCUT2D eigenvalue weighted by Crippen LogP contribution is -2.30. The molecule has 26 heavy (non-hydrogen) atoms. The van der Waals surface area contributed by atoms with Gasteiger partial charge in [0.15, 0.2) is 0 Å². The molecule has 2 rings (SSSR count). The van der Waals surface area contributed by atoms with Crippen molar-refractivity contribution in [3.63, 3.8) is 0 Å². The first-order valence-electron chi connectivity index (χ1n) is 7.21. The molecule has 6 N–H and O–H groups in total. The van der Waals surface area contributed by atoms with Crippen LogP contribution in [0.15, 0.2) is 17.1 Å². The van der Waals surface area contributed by atoms with Crippen LogP contribution in [0.5, 0.6) is 0 Å². The van der Waals surface area contributed by atoms with E-state index in [0.717, 1.165) is 0 Å². The van der Waals surface area contributed by atoms with Crippen molar-refractivity contribution < 1.29 is 42.8 Å². The third-order valence-corrected chi connectivity index (χ3v) is 6.38. The molecule has 0 amide bonds. The molecule has 1 heterocycles. The fraction of sp³-hybridized carbons (Fsp3) is 0.545. The van der Waals surface area contributed by atoms with Crippen molar-refractivity contribution in [3.8, 4) is 0 Å². The summed E-state index contributed by atoms with van der Waals surface area (Å²) in [6.07, 6.45) is 1.30. The lowest BCUT2D eigenvalue weighted by molar-refractivity contribution is -0.148. The van der Waals surface area contributed by atoms with Gasteiger partial charge < -0.3 is 30.3 Å². The average Bonchev–Trinajstić information content (AvgIpc) is 2.90. The Bertz CT molecular complexity index is 836. The van der Waals surface area contributed by atoms with Crippen molar-refractivity contribution in [1.82, 2.24) is 9.55 Å². The molecule has 13 nitrogen and oxygen atoms in total. The van der Waals surface area contributed by atoms with Gasteiger partial charge in [0.05, 0.1) is 6.10 Å². The van der Waals surface area contributed by atoms with Crippen LogP contribution in [0.2, 0.25) is 0 Å². The number of carboxylic acids is 1. The monoisotopic (exact) mass is 413 g/mol. The number of nitrogens with two attached hydrogens (primary N) is 1. The number of ether oxygens (including phenoxy) is 1. The normalized spacial score (nSPS) is 24.1. The van der Waals surface area contributed by atoms with Crippen LogP contribution < -0.4 is 11.4 Å². The van der Waals surface area contributed by atoms with Crippen LogP contribution >= 0.6 is 15.4 Å². The van der Waals surface area contributed by atoms with E-state index in [1.54, 1.807) is 0 Å². The summed E-state index contributed by atoms with van der Waals surface area (Å²) in [4.78, 5) is 53.4. The number of phosphoric acid groups is 1. The minimum atomic E-state index is -5.42. The van der Waals surface area contributed by atoms with Gasteiger partial charge in [-0.3, -0.25) is 9.13 Å². The largest absolute Gasteiger partial charge is 0.479 e. The van der Waals surface area contributed by atoms with Crippen LogP contribution in [0.4, 0.5) is 5.82 Å². The van der Waals surface area contributed by atoms with Gasteiger partial charge in [-0.05, 0) is 25.3 Å². The summed E-state index contributed by atoms with van der Waals surface area (Å²) in [6, 6.07) is 1.00. The molecule has 1 aliphatic carbocycles. The molecular weight excluding hydrogens is 396 g/mol. The summed E-state index contributed by atoms with van der Waals surface area (Å²) in [5.41, 5.74) is 4.79. The summed E-state index contributed by atoms with van der Waals surface area (Å²) in [7, 11) is -10.7. The second-order valence-corrected chi connectivity index (χ2v) is 8.83. The molecular formula is C11H17N3O10P2. The summed E-state index contributed by atoms with van der Waals surface area (Å²) in [5.74, 6) is -4.36. The van der Waals surface area contributed by atoms with Crippen molar-refractivity contribution in [1.29, 1.82) is 0 Å². The third kappa shape index (κ3) is 5.21. The van der Waals surface area contributed by atoms with Gasteiger partial charge in [-0.15, -0.1) is 0 Å². The van der Waals surface area contributed by atoms with Crippen molar-refractivity contribution >= 4 is 27.2 Å². The number of rotatable bonds is 7. The summed E-state index contributed by atoms with van der Waals surface area (Å²) in [6.45, 7) is 0. The van der Waals surface area contributed by atoms with Crippen LogP contribution in [0, 0.1) is 0 Å². The molecule has 0 bridgehead atoms. The predicted octanol–water partition coefficient (Wildman–Crippen LogP) is -0.359. The highest BCUT2D eigenvalue weighted by atomic mass is 31.3. The summed E-state index contributed by atoms with van der Waals surface area (Å²) < 4.78 is 32.6. The topological polar surface area (TPSA) is 212 Å². The molecule has 1 aromatic heterocycles. The van der Waals surface area contributed by atoms with Crippen LogP contribution in [0.25, 0.3) is 0 Å². The molecule has 1 aromatic rings. The van der Waals surface area contributed by atoms with Crippen LogP contribution in [0.1, 0.15) is 25.3 Å². The van der Waals surface area contributed by atoms with Gasteiger partial charge in [-0.2, -0.15) is 4.98 Å². The first-order chi connectivity index (χ1) is 11.9. The Morgan fingerprint density at radius 3 is 2.54 bits per heavy atom. The van der Waals surface area contributed by atoms with E-state index in [1.807, 2.05) is 0 Å². The van der Waals surface area contributed by atoms with Crippen molar-refractivity contribution in [3.05, 3.63) is 22.7 Å². The van der Waals surface area contributed by atoms with Gasteiger partial charge in [0, 0.05) is 12.2 Å². The fourth-order valence-electron chi connectivity index (χ4n) is 2.65. The molecule has 146 valence electrons. The molecule has 0 aliphatic heterocycles. The number of carboxylic acid groups (broad SMARTS) is 1. The Kier molecular flexibility index (Phi) is 6.03. The predicted molar refractivity (Wildman–Crippen MR) is 85.0 cm³/mol. The van der Waals surface area contributed by atoms with Crippen molar-refractivity contribution in [2.45, 2.75) is 37.3 Å². The molecule has 0 radical (unpaired) electrons. The second kappa shape index (κ2) is 7.57. The van der Waals surface area contributed by atoms with Crippen LogP contribution in [-0.4, -0.2) is 47.3 Å². The number of nitrogen functional groups attached to an aromatic ring is 1. The minimum absolute atomic E-state index is 0.0405. The van der Waals surface area contributed by atoms with E-state index in [-0.39, 0.29) is 18.7 Å². The number of anilines is 1. The molecule has 1 aliphatic rings. The number of nitrogens with zero attached hydrogens (tertiary/aromatic N) is 2. The highest BCUT2D eigenvalue weighted by Gasteiger charge is 2.47. The van der Waals surface area contributed by atoms with E-state index in [4.69, 9.17) is 25.4 Å². The zero-order valence-electron chi connectivity index (χ0n) is 13.1. The van der Waals surface area contributed by atoms with E-state index in [2.05, 4.69) is 9.29 Å². The van der Waals surface area contributed by atoms with Gasteiger partial charge in [-0.1, -0.05) is 0 Å². The second-order valence-electron chi connectivity index (χ2n) is 5.59. The molecule has 0 saturated heterocycles. The van der Waals surface area contributed by atoms with Gasteiger partial charge >= 0.3 is 27.1 Å². The van der Waals surface area contributed by atoms with Crippen LogP contribution in [0.3, 0.4) is 0 Å². The molecule has 1 saturated carbocycles. The van der Waals surface area contributed by atoms with Gasteiger partial charge in [0.25, 0.3) is 5.85 Å². The van der Waals surface area contributed by atoms with E-state index < -0.39 is 45.1 Å². The first-order valence-corrected chi connectivity index (χ1v) is 10.4. The summed E-state index contributed by atoms with van der Waals surface area (Å²) in [5, 5.41) is 9.05. The van der Waals surface area contributed by atoms with E-state index >= 15 is 0 Å². The highest BCUT2D eigenvalue weighted by molar-refractivity contribution is 7.64. The Balaban J connectivity index is 2.12. The number of aromatic nitrogens is 2. The standard InChI is InChI=1S/C11H17N3O10P2/c12-8-3-4-14(11(17)13-8)6-1-2-7(5-6)23-10(9(15)16)25(18,19)24-26(20,21)22/h3-4,6-7,10H,1-2,5H2,(H,15,16)(H,18,19)(H2,12,13,17)(H2,20,21,22)/t6-,7+,10?/m0/s1. The SMILES string of the molecule is Nc1ccn([C@H]2CC[C@@H](OC(C(=O)O)P(=O)(O)OP(=O)(O)O)C2)c(=O)n1. The maximum absolute atomic E-state index is 11.9. The Morgan fingerprint density at radius 2 is 2.00 bits per heavy atom. The highest BCUT2D eigenvalue weighted by Crippen LogP contribution is 2.60. The minimum Gasteiger partial charge on any atom is -0.479 e. The lowest BCUT2D eigenvalue weighted by atomic mass is 10.2. The molecule has 15 heteroatoms. The molecule has 0 aromatic carbocycles. The van der Waals surface area contributed by atoms with Gasteiger partial charge in [0.1, 0.15) is 5.82 Å². The van der Waals surface area contributed by atoms with E-state index in [0.29, 0.717) is 6.42 Å². The van der Waals surface area contributed by atoms with Crippen LogP contribution in [-0.2, 0) is 23.0 Å². The zero-order chi connectivity index (χ0) is 19.7. The number of aliphatic carboxylic acids is 1. The van der Waals surface area contributed by atoms with Crippen molar-refractivity contribution in [2.24, 2.45) is 0 Å². The molecule has 0 spiro atoms. The number of carbonyl (C=O) groups is 1. The smallest absolute Gasteiger partial charge is 0.476 e. The third-order valence-electron chi connectivity index (χ3n) is 3.65. The Labute approximate surface area is 146 Å². The summed E-state index contributed by atoms with van der Waals surface area (Å²) >= 11 is 0. The fourth-order valence-corrected chi connectivity index (χ4v) is 4.82. The maximum atomic E-state index is 11.9. The van der Waals surface area contributed by atoms with Gasteiger partial charge in [0.2, 0.25) is 0 Å². The lowest BCUT2D eigenvalue weighted by Gasteiger charge is -2.23. The number of hydrogen-bond acceptors (Lipinski definition) is 8. The number of hydrogen-bond donors (Lipinski definition) is 5. The quantitative estimate of drug-likeness (QED) is 0.363. The molecule has 2 unspecified atom stereocenters. The van der Waals surface area contributed by atoms with Crippen molar-refractivity contribution in [2.75, 3.05) is 5.73 Å². The average molecular weight is 413 g/mol. The maximum Gasteiger partial charge on any atom is 0.476 e.